The molecule has 4 N–H and O–H groups in total. The summed E-state index contributed by atoms with van der Waals surface area (Å²) in [6.07, 6.45) is 0. The van der Waals surface area contributed by atoms with E-state index in [1.54, 1.807) is 24.3 Å². The second kappa shape index (κ2) is 11.5. The lowest BCUT2D eigenvalue weighted by atomic mass is 10.2. The SMILES string of the molecule is O=C(O)c1ccc(OCCO)cc1.O=C(O)c1ccc(OCCO)cc1. The van der Waals surface area contributed by atoms with Gasteiger partial charge in [0.15, 0.2) is 0 Å². The zero-order valence-corrected chi connectivity index (χ0v) is 13.9. The van der Waals surface area contributed by atoms with E-state index in [0.29, 0.717) is 11.5 Å². The van der Waals surface area contributed by atoms with Crippen LogP contribution in [0.25, 0.3) is 0 Å². The number of hydrogen-bond acceptors (Lipinski definition) is 6. The van der Waals surface area contributed by atoms with Crippen LogP contribution in [0.1, 0.15) is 20.7 Å². The van der Waals surface area contributed by atoms with Gasteiger partial charge in [0, 0.05) is 0 Å². The highest BCUT2D eigenvalue weighted by Crippen LogP contribution is 2.12. The first-order valence-corrected chi connectivity index (χ1v) is 7.62. The van der Waals surface area contributed by atoms with Crippen LogP contribution in [0, 0.1) is 0 Å². The molecule has 0 spiro atoms. The summed E-state index contributed by atoms with van der Waals surface area (Å²) in [5, 5.41) is 34.0. The molecule has 0 bridgehead atoms. The quantitative estimate of drug-likeness (QED) is 0.554. The molecule has 0 heterocycles. The van der Waals surface area contributed by atoms with Gasteiger partial charge in [0.2, 0.25) is 0 Å². The van der Waals surface area contributed by atoms with Crippen molar-refractivity contribution in [3.8, 4) is 11.5 Å². The fourth-order valence-electron chi connectivity index (χ4n) is 1.71. The largest absolute Gasteiger partial charge is 0.491 e. The van der Waals surface area contributed by atoms with Gasteiger partial charge in [-0.05, 0) is 48.5 Å². The number of aliphatic hydroxyl groups is 2. The van der Waals surface area contributed by atoms with E-state index < -0.39 is 11.9 Å². The minimum atomic E-state index is -0.964. The van der Waals surface area contributed by atoms with Crippen molar-refractivity contribution in [3.05, 3.63) is 59.7 Å². The van der Waals surface area contributed by atoms with Gasteiger partial charge in [-0.25, -0.2) is 9.59 Å². The summed E-state index contributed by atoms with van der Waals surface area (Å²) >= 11 is 0. The average Bonchev–Trinajstić information content (AvgIpc) is 2.66. The summed E-state index contributed by atoms with van der Waals surface area (Å²) in [5.74, 6) is -0.819. The van der Waals surface area contributed by atoms with Crippen LogP contribution in [-0.4, -0.2) is 58.8 Å². The van der Waals surface area contributed by atoms with Gasteiger partial charge in [0.25, 0.3) is 0 Å². The second-order valence-electron chi connectivity index (χ2n) is 4.80. The Labute approximate surface area is 149 Å². The van der Waals surface area contributed by atoms with Crippen molar-refractivity contribution in [2.45, 2.75) is 0 Å². The molecule has 0 aliphatic carbocycles. The summed E-state index contributed by atoms with van der Waals surface area (Å²) < 4.78 is 10.1. The van der Waals surface area contributed by atoms with Crippen LogP contribution in [0.2, 0.25) is 0 Å². The van der Waals surface area contributed by atoms with Crippen LogP contribution in [-0.2, 0) is 0 Å². The minimum absolute atomic E-state index is 0.0549. The third kappa shape index (κ3) is 7.65. The number of aliphatic hydroxyl groups excluding tert-OH is 2. The van der Waals surface area contributed by atoms with E-state index in [0.717, 1.165) is 0 Å². The van der Waals surface area contributed by atoms with Gasteiger partial charge in [-0.3, -0.25) is 0 Å². The molecule has 0 amide bonds. The van der Waals surface area contributed by atoms with E-state index in [-0.39, 0.29) is 37.6 Å². The highest BCUT2D eigenvalue weighted by Gasteiger charge is 2.02. The lowest BCUT2D eigenvalue weighted by molar-refractivity contribution is 0.0686. The number of ether oxygens (including phenoxy) is 2. The molecule has 0 radical (unpaired) electrons. The average molecular weight is 364 g/mol. The first-order valence-electron chi connectivity index (χ1n) is 7.62. The molecular weight excluding hydrogens is 344 g/mol. The highest BCUT2D eigenvalue weighted by atomic mass is 16.5. The Morgan fingerprint density at radius 2 is 0.962 bits per heavy atom. The molecule has 0 atom stereocenters. The fourth-order valence-corrected chi connectivity index (χ4v) is 1.71. The third-order valence-corrected chi connectivity index (χ3v) is 2.92. The first-order chi connectivity index (χ1) is 12.5. The van der Waals surface area contributed by atoms with Gasteiger partial charge in [0.05, 0.1) is 24.3 Å². The summed E-state index contributed by atoms with van der Waals surface area (Å²) in [7, 11) is 0. The van der Waals surface area contributed by atoms with Crippen molar-refractivity contribution >= 4 is 11.9 Å². The molecule has 0 aliphatic heterocycles. The molecule has 0 saturated carbocycles. The number of carboxylic acids is 2. The number of rotatable bonds is 8. The number of carbonyl (C=O) groups is 2. The molecule has 8 nitrogen and oxygen atoms in total. The number of carboxylic acid groups (broad SMARTS) is 2. The van der Waals surface area contributed by atoms with E-state index in [1.807, 2.05) is 0 Å². The van der Waals surface area contributed by atoms with Crippen molar-refractivity contribution in [2.24, 2.45) is 0 Å². The van der Waals surface area contributed by atoms with E-state index in [9.17, 15) is 9.59 Å². The van der Waals surface area contributed by atoms with Crippen molar-refractivity contribution in [3.63, 3.8) is 0 Å². The summed E-state index contributed by atoms with van der Waals surface area (Å²) in [6.45, 7) is 0.320. The predicted octanol–water partition coefficient (Wildman–Crippen LogP) is 1.51. The Bertz CT molecular complexity index is 618. The lowest BCUT2D eigenvalue weighted by Gasteiger charge is -2.03. The molecule has 2 aromatic rings. The smallest absolute Gasteiger partial charge is 0.335 e. The standard InChI is InChI=1S/2C9H10O4/c2*10-5-6-13-8-3-1-7(2-4-8)9(11)12/h2*1-4,10H,5-6H2,(H,11,12). The molecule has 2 aromatic carbocycles. The van der Waals surface area contributed by atoms with Crippen molar-refractivity contribution in [1.29, 1.82) is 0 Å². The van der Waals surface area contributed by atoms with E-state index in [4.69, 9.17) is 29.9 Å². The predicted molar refractivity (Wildman–Crippen MR) is 92.0 cm³/mol. The van der Waals surface area contributed by atoms with Crippen LogP contribution in [0.3, 0.4) is 0 Å². The van der Waals surface area contributed by atoms with Crippen LogP contribution < -0.4 is 9.47 Å². The molecule has 0 aromatic heterocycles. The zero-order valence-electron chi connectivity index (χ0n) is 13.9. The lowest BCUT2D eigenvalue weighted by Crippen LogP contribution is -2.02. The van der Waals surface area contributed by atoms with Gasteiger partial charge in [-0.2, -0.15) is 0 Å². The molecule has 0 unspecified atom stereocenters. The Balaban J connectivity index is 0.000000260. The van der Waals surface area contributed by atoms with Crippen molar-refractivity contribution in [2.75, 3.05) is 26.4 Å². The number of aromatic carboxylic acids is 2. The van der Waals surface area contributed by atoms with E-state index in [2.05, 4.69) is 0 Å². The maximum absolute atomic E-state index is 10.4. The molecule has 0 saturated heterocycles. The molecule has 26 heavy (non-hydrogen) atoms. The van der Waals surface area contributed by atoms with E-state index >= 15 is 0 Å². The minimum Gasteiger partial charge on any atom is -0.491 e. The van der Waals surface area contributed by atoms with Crippen molar-refractivity contribution in [1.82, 2.24) is 0 Å². The molecule has 0 fully saturated rings. The molecule has 8 heteroatoms. The Morgan fingerprint density at radius 1 is 0.654 bits per heavy atom. The number of hydrogen-bond donors (Lipinski definition) is 4. The zero-order chi connectivity index (χ0) is 19.4. The Morgan fingerprint density at radius 3 is 1.19 bits per heavy atom. The van der Waals surface area contributed by atoms with Crippen LogP contribution in [0.15, 0.2) is 48.5 Å². The Hall–Kier alpha value is -3.10. The van der Waals surface area contributed by atoms with Gasteiger partial charge < -0.3 is 29.9 Å². The maximum atomic E-state index is 10.4. The summed E-state index contributed by atoms with van der Waals surface area (Å²) in [6, 6.07) is 12.0. The summed E-state index contributed by atoms with van der Waals surface area (Å²) in [5.41, 5.74) is 0.438. The normalized spacial score (nSPS) is 9.62. The highest BCUT2D eigenvalue weighted by molar-refractivity contribution is 5.88. The second-order valence-corrected chi connectivity index (χ2v) is 4.80. The number of benzene rings is 2. The van der Waals surface area contributed by atoms with Gasteiger partial charge >= 0.3 is 11.9 Å². The van der Waals surface area contributed by atoms with E-state index in [1.165, 1.54) is 24.3 Å². The van der Waals surface area contributed by atoms with Gasteiger partial charge in [0.1, 0.15) is 24.7 Å². The summed E-state index contributed by atoms with van der Waals surface area (Å²) in [4.78, 5) is 20.9. The van der Waals surface area contributed by atoms with Crippen LogP contribution in [0.5, 0.6) is 11.5 Å². The Kier molecular flexibility index (Phi) is 9.23. The van der Waals surface area contributed by atoms with Crippen LogP contribution >= 0.6 is 0 Å². The third-order valence-electron chi connectivity index (χ3n) is 2.92. The van der Waals surface area contributed by atoms with Crippen molar-refractivity contribution < 1.29 is 39.5 Å². The van der Waals surface area contributed by atoms with Gasteiger partial charge in [-0.15, -0.1) is 0 Å². The molecule has 140 valence electrons. The van der Waals surface area contributed by atoms with Gasteiger partial charge in [-0.1, -0.05) is 0 Å². The molecule has 0 aliphatic rings. The molecular formula is C18H20O8. The first kappa shape index (κ1) is 20.9. The van der Waals surface area contributed by atoms with Crippen LogP contribution in [0.4, 0.5) is 0 Å². The molecule has 2 rings (SSSR count). The monoisotopic (exact) mass is 364 g/mol. The fraction of sp³-hybridized carbons (Fsp3) is 0.222. The maximum Gasteiger partial charge on any atom is 0.335 e. The topological polar surface area (TPSA) is 134 Å².